The molecule has 1 aromatic rings. The molecule has 4 heteroatoms. The van der Waals surface area contributed by atoms with E-state index in [0.717, 1.165) is 24.8 Å². The fraction of sp³-hybridized carbons (Fsp3) is 0.533. The van der Waals surface area contributed by atoms with Crippen molar-refractivity contribution in [2.45, 2.75) is 32.3 Å². The van der Waals surface area contributed by atoms with Crippen LogP contribution in [0, 0.1) is 11.8 Å². The smallest absolute Gasteiger partial charge is 0.309 e. The maximum absolute atomic E-state index is 12.1. The molecule has 3 nitrogen and oxygen atoms in total. The summed E-state index contributed by atoms with van der Waals surface area (Å²) in [4.78, 5) is 12.1. The predicted molar refractivity (Wildman–Crippen MR) is 75.8 cm³/mol. The Kier molecular flexibility index (Phi) is 5.23. The van der Waals surface area contributed by atoms with Gasteiger partial charge in [-0.25, -0.2) is 0 Å². The predicted octanol–water partition coefficient (Wildman–Crippen LogP) is 3.15. The van der Waals surface area contributed by atoms with Crippen LogP contribution < -0.4 is 5.73 Å². The minimum absolute atomic E-state index is 0.0297. The summed E-state index contributed by atoms with van der Waals surface area (Å²) in [5, 5.41) is 0.658. The molecule has 0 amide bonds. The molecule has 2 rings (SSSR count). The van der Waals surface area contributed by atoms with Gasteiger partial charge in [-0.1, -0.05) is 36.6 Å². The number of ether oxygens (including phenoxy) is 1. The molecule has 0 saturated heterocycles. The van der Waals surface area contributed by atoms with Gasteiger partial charge in [0.1, 0.15) is 6.61 Å². The van der Waals surface area contributed by atoms with Crippen molar-refractivity contribution in [1.29, 1.82) is 0 Å². The zero-order valence-electron chi connectivity index (χ0n) is 11.0. The van der Waals surface area contributed by atoms with Crippen LogP contribution in [-0.4, -0.2) is 12.5 Å². The van der Waals surface area contributed by atoms with Gasteiger partial charge in [-0.15, -0.1) is 0 Å². The molecule has 0 spiro atoms. The van der Waals surface area contributed by atoms with E-state index in [-0.39, 0.29) is 24.4 Å². The Labute approximate surface area is 119 Å². The Morgan fingerprint density at radius 2 is 2.16 bits per heavy atom. The van der Waals surface area contributed by atoms with Crippen molar-refractivity contribution < 1.29 is 9.53 Å². The molecular weight excluding hydrogens is 262 g/mol. The molecule has 19 heavy (non-hydrogen) atoms. The van der Waals surface area contributed by atoms with Crippen LogP contribution in [0.2, 0.25) is 5.02 Å². The molecule has 0 heterocycles. The molecule has 0 radical (unpaired) electrons. The molecule has 2 unspecified atom stereocenters. The van der Waals surface area contributed by atoms with Gasteiger partial charge in [0.15, 0.2) is 0 Å². The summed E-state index contributed by atoms with van der Waals surface area (Å²) < 4.78 is 5.40. The zero-order chi connectivity index (χ0) is 13.7. The van der Waals surface area contributed by atoms with Crippen molar-refractivity contribution in [2.24, 2.45) is 17.6 Å². The summed E-state index contributed by atoms with van der Waals surface area (Å²) >= 11 is 5.90. The van der Waals surface area contributed by atoms with Crippen LogP contribution in [0.15, 0.2) is 24.3 Å². The highest BCUT2D eigenvalue weighted by Crippen LogP contribution is 2.30. The number of esters is 1. The average Bonchev–Trinajstić information content (AvgIpc) is 2.45. The number of hydrogen-bond acceptors (Lipinski definition) is 3. The molecule has 2 N–H and O–H groups in total. The molecule has 1 aromatic carbocycles. The Morgan fingerprint density at radius 1 is 1.37 bits per heavy atom. The van der Waals surface area contributed by atoms with Gasteiger partial charge in [0.2, 0.25) is 0 Å². The van der Waals surface area contributed by atoms with E-state index in [4.69, 9.17) is 22.1 Å². The molecule has 1 saturated carbocycles. The number of halogens is 1. The third-order valence-corrected chi connectivity index (χ3v) is 4.02. The first-order valence-electron chi connectivity index (χ1n) is 6.82. The lowest BCUT2D eigenvalue weighted by molar-refractivity contribution is -0.153. The fourth-order valence-corrected chi connectivity index (χ4v) is 2.90. The molecule has 2 atom stereocenters. The monoisotopic (exact) mass is 281 g/mol. The van der Waals surface area contributed by atoms with Crippen molar-refractivity contribution in [3.05, 3.63) is 34.9 Å². The van der Waals surface area contributed by atoms with Crippen LogP contribution in [0.5, 0.6) is 0 Å². The Balaban J connectivity index is 1.89. The molecule has 1 aliphatic carbocycles. The highest BCUT2D eigenvalue weighted by atomic mass is 35.5. The first kappa shape index (κ1) is 14.4. The van der Waals surface area contributed by atoms with E-state index in [0.29, 0.717) is 11.6 Å². The number of nitrogens with two attached hydrogens (primary N) is 1. The lowest BCUT2D eigenvalue weighted by Gasteiger charge is -2.28. The first-order valence-corrected chi connectivity index (χ1v) is 7.19. The van der Waals surface area contributed by atoms with Gasteiger partial charge in [-0.3, -0.25) is 4.79 Å². The lowest BCUT2D eigenvalue weighted by atomic mass is 9.79. The molecule has 104 valence electrons. The second kappa shape index (κ2) is 6.92. The molecule has 1 fully saturated rings. The van der Waals surface area contributed by atoms with Crippen molar-refractivity contribution in [1.82, 2.24) is 0 Å². The highest BCUT2D eigenvalue weighted by molar-refractivity contribution is 6.30. The Morgan fingerprint density at radius 3 is 2.89 bits per heavy atom. The summed E-state index contributed by atoms with van der Waals surface area (Å²) in [6.45, 7) is 0.851. The van der Waals surface area contributed by atoms with Crippen LogP contribution in [0.4, 0.5) is 0 Å². The molecule has 0 bridgehead atoms. The second-order valence-electron chi connectivity index (χ2n) is 5.12. The molecular formula is C15H20ClNO2. The standard InChI is InChI=1S/C15H20ClNO2/c16-13-6-3-4-11(8-13)10-19-15(18)14-7-2-1-5-12(14)9-17/h3-4,6,8,12,14H,1-2,5,7,9-10,17H2. The first-order chi connectivity index (χ1) is 9.20. The summed E-state index contributed by atoms with van der Waals surface area (Å²) in [6, 6.07) is 7.38. The van der Waals surface area contributed by atoms with Crippen LogP contribution in [0.3, 0.4) is 0 Å². The van der Waals surface area contributed by atoms with Gasteiger partial charge in [-0.05, 0) is 43.0 Å². The van der Waals surface area contributed by atoms with Crippen molar-refractivity contribution in [3.63, 3.8) is 0 Å². The summed E-state index contributed by atoms with van der Waals surface area (Å²) in [5.41, 5.74) is 6.65. The summed E-state index contributed by atoms with van der Waals surface area (Å²) in [5.74, 6) is 0.133. The van der Waals surface area contributed by atoms with E-state index < -0.39 is 0 Å². The van der Waals surface area contributed by atoms with Crippen molar-refractivity contribution in [3.8, 4) is 0 Å². The van der Waals surface area contributed by atoms with Gasteiger partial charge in [0, 0.05) is 5.02 Å². The zero-order valence-corrected chi connectivity index (χ0v) is 11.7. The SMILES string of the molecule is NCC1CCCCC1C(=O)OCc1cccc(Cl)c1. The topological polar surface area (TPSA) is 52.3 Å². The summed E-state index contributed by atoms with van der Waals surface area (Å²) in [7, 11) is 0. The number of carbonyl (C=O) groups excluding carboxylic acids is 1. The van der Waals surface area contributed by atoms with E-state index in [2.05, 4.69) is 0 Å². The molecule has 0 aliphatic heterocycles. The van der Waals surface area contributed by atoms with Crippen LogP contribution in [-0.2, 0) is 16.1 Å². The maximum atomic E-state index is 12.1. The third kappa shape index (κ3) is 3.95. The van der Waals surface area contributed by atoms with E-state index in [9.17, 15) is 4.79 Å². The quantitative estimate of drug-likeness (QED) is 0.863. The van der Waals surface area contributed by atoms with Gasteiger partial charge in [0.25, 0.3) is 0 Å². The minimum Gasteiger partial charge on any atom is -0.461 e. The van der Waals surface area contributed by atoms with Gasteiger partial charge in [0.05, 0.1) is 5.92 Å². The summed E-state index contributed by atoms with van der Waals surface area (Å²) in [6.07, 6.45) is 4.19. The molecule has 1 aliphatic rings. The largest absolute Gasteiger partial charge is 0.461 e. The number of rotatable bonds is 4. The number of carbonyl (C=O) groups is 1. The van der Waals surface area contributed by atoms with Gasteiger partial charge >= 0.3 is 5.97 Å². The highest BCUT2D eigenvalue weighted by Gasteiger charge is 2.31. The number of hydrogen-bond donors (Lipinski definition) is 1. The maximum Gasteiger partial charge on any atom is 0.309 e. The third-order valence-electron chi connectivity index (χ3n) is 3.78. The minimum atomic E-state index is -0.116. The Hall–Kier alpha value is -1.06. The van der Waals surface area contributed by atoms with Crippen molar-refractivity contribution in [2.75, 3.05) is 6.54 Å². The van der Waals surface area contributed by atoms with Crippen LogP contribution in [0.1, 0.15) is 31.2 Å². The van der Waals surface area contributed by atoms with Crippen molar-refractivity contribution >= 4 is 17.6 Å². The normalized spacial score (nSPS) is 23.1. The van der Waals surface area contributed by atoms with E-state index >= 15 is 0 Å². The lowest BCUT2D eigenvalue weighted by Crippen LogP contribution is -2.33. The van der Waals surface area contributed by atoms with Crippen LogP contribution in [0.25, 0.3) is 0 Å². The van der Waals surface area contributed by atoms with E-state index in [1.807, 2.05) is 18.2 Å². The van der Waals surface area contributed by atoms with E-state index in [1.165, 1.54) is 6.42 Å². The van der Waals surface area contributed by atoms with Gasteiger partial charge < -0.3 is 10.5 Å². The van der Waals surface area contributed by atoms with E-state index in [1.54, 1.807) is 6.07 Å². The number of benzene rings is 1. The van der Waals surface area contributed by atoms with Crippen LogP contribution >= 0.6 is 11.6 Å². The fourth-order valence-electron chi connectivity index (χ4n) is 2.69. The average molecular weight is 282 g/mol. The Bertz CT molecular complexity index is 436. The molecule has 0 aromatic heterocycles. The second-order valence-corrected chi connectivity index (χ2v) is 5.56. The van der Waals surface area contributed by atoms with Gasteiger partial charge in [-0.2, -0.15) is 0 Å².